The average Bonchev–Trinajstić information content (AvgIpc) is 3.32. The number of benzene rings is 13. The first kappa shape index (κ1) is 33.2. The molecule has 0 spiro atoms. The van der Waals surface area contributed by atoms with E-state index in [-0.39, 0.29) is 0 Å². The minimum Gasteiger partial charge on any atom is -0.0616 e. The van der Waals surface area contributed by atoms with E-state index in [2.05, 4.69) is 218 Å². The van der Waals surface area contributed by atoms with Crippen LogP contribution in [0, 0.1) is 0 Å². The Balaban J connectivity index is 1.12. The lowest BCUT2D eigenvalue weighted by Gasteiger charge is -2.21. The molecule has 0 aliphatic carbocycles. The van der Waals surface area contributed by atoms with Gasteiger partial charge in [-0.05, 0) is 142 Å². The second kappa shape index (κ2) is 12.9. The molecule has 0 unspecified atom stereocenters. The van der Waals surface area contributed by atoms with Crippen LogP contribution >= 0.6 is 0 Å². The van der Waals surface area contributed by atoms with Crippen molar-refractivity contribution in [1.29, 1.82) is 0 Å². The summed E-state index contributed by atoms with van der Waals surface area (Å²) in [5.41, 5.74) is 7.65. The van der Waals surface area contributed by atoms with Crippen molar-refractivity contribution in [2.75, 3.05) is 0 Å². The highest BCUT2D eigenvalue weighted by Crippen LogP contribution is 2.49. The van der Waals surface area contributed by atoms with Crippen molar-refractivity contribution < 1.29 is 0 Å². The molecule has 0 nitrogen and oxygen atoms in total. The summed E-state index contributed by atoms with van der Waals surface area (Å²) in [6.45, 7) is 0. The Morgan fingerprint density at radius 1 is 0.150 bits per heavy atom. The van der Waals surface area contributed by atoms with Gasteiger partial charge in [-0.2, -0.15) is 0 Å². The van der Waals surface area contributed by atoms with Crippen LogP contribution in [0.25, 0.3) is 130 Å². The first-order valence-electron chi connectivity index (χ1n) is 20.9. The van der Waals surface area contributed by atoms with Crippen LogP contribution in [0.5, 0.6) is 0 Å². The van der Waals surface area contributed by atoms with Crippen LogP contribution in [0.15, 0.2) is 218 Å². The van der Waals surface area contributed by atoms with Gasteiger partial charge in [0.05, 0.1) is 0 Å². The van der Waals surface area contributed by atoms with Gasteiger partial charge in [0.2, 0.25) is 0 Å². The second-order valence-corrected chi connectivity index (χ2v) is 16.3. The molecule has 276 valence electrons. The monoisotopic (exact) mass is 756 g/mol. The molecule has 0 aromatic heterocycles. The maximum Gasteiger partial charge on any atom is -0.00199 e. The van der Waals surface area contributed by atoms with E-state index in [9.17, 15) is 0 Å². The third-order valence-corrected chi connectivity index (χ3v) is 13.2. The smallest absolute Gasteiger partial charge is 0.00199 e. The van der Waals surface area contributed by atoms with Crippen molar-refractivity contribution >= 4 is 97.0 Å². The lowest BCUT2D eigenvalue weighted by molar-refractivity contribution is 1.70. The topological polar surface area (TPSA) is 0 Å². The standard InChI is InChI=1S/C60H36/c1-4-18-40-37(15-1)31-32-47-44(40)27-13-29-49(47)58-42-20-6-3-17-39(42)35-56-45-28-14-30-50(48(45)33-34-55(56)58)59-51-23-9-11-25-53(51)60(54-26-12-10-24-52(54)59)57-36-38-16-2-5-19-41(38)43-21-7-8-22-46(43)57/h1-36H. The third-order valence-electron chi connectivity index (χ3n) is 13.2. The fraction of sp³-hybridized carbons (Fsp3) is 0. The van der Waals surface area contributed by atoms with E-state index < -0.39 is 0 Å². The lowest BCUT2D eigenvalue weighted by Crippen LogP contribution is -1.93. The van der Waals surface area contributed by atoms with Crippen molar-refractivity contribution in [2.24, 2.45) is 0 Å². The zero-order valence-corrected chi connectivity index (χ0v) is 32.8. The molecule has 0 fully saturated rings. The van der Waals surface area contributed by atoms with E-state index in [0.717, 1.165) is 0 Å². The van der Waals surface area contributed by atoms with Gasteiger partial charge in [-0.1, -0.05) is 206 Å². The SMILES string of the molecule is c1ccc2c(-c3cccc4c3ccc3ccccc34)c3ccc4c(-c5c6ccccc6c(-c6cc7ccccc7c7ccccc67)c6ccccc56)cccc4c3cc2c1. The average molecular weight is 757 g/mol. The van der Waals surface area contributed by atoms with Crippen LogP contribution in [-0.2, 0) is 0 Å². The summed E-state index contributed by atoms with van der Waals surface area (Å²) in [6.07, 6.45) is 0. The summed E-state index contributed by atoms with van der Waals surface area (Å²) >= 11 is 0. The lowest BCUT2D eigenvalue weighted by atomic mass is 9.82. The Morgan fingerprint density at radius 3 is 1.08 bits per heavy atom. The summed E-state index contributed by atoms with van der Waals surface area (Å²) < 4.78 is 0. The molecule has 60 heavy (non-hydrogen) atoms. The maximum absolute atomic E-state index is 2.42. The Labute approximate surface area is 347 Å². The maximum atomic E-state index is 2.42. The van der Waals surface area contributed by atoms with Crippen molar-refractivity contribution in [3.05, 3.63) is 218 Å². The molecule has 0 aliphatic heterocycles. The van der Waals surface area contributed by atoms with Gasteiger partial charge in [-0.15, -0.1) is 0 Å². The van der Waals surface area contributed by atoms with Crippen LogP contribution < -0.4 is 0 Å². The van der Waals surface area contributed by atoms with E-state index in [1.165, 1.54) is 130 Å². The largest absolute Gasteiger partial charge is 0.0616 e. The molecule has 0 atom stereocenters. The molecule has 0 heterocycles. The molecular formula is C60H36. The van der Waals surface area contributed by atoms with Crippen molar-refractivity contribution in [3.8, 4) is 33.4 Å². The van der Waals surface area contributed by atoms with Gasteiger partial charge >= 0.3 is 0 Å². The Bertz CT molecular complexity index is 3890. The zero-order chi connectivity index (χ0) is 39.3. The van der Waals surface area contributed by atoms with Crippen LogP contribution in [0.2, 0.25) is 0 Å². The summed E-state index contributed by atoms with van der Waals surface area (Å²) in [7, 11) is 0. The van der Waals surface area contributed by atoms with Gasteiger partial charge in [0, 0.05) is 0 Å². The van der Waals surface area contributed by atoms with Gasteiger partial charge in [0.25, 0.3) is 0 Å². The number of fused-ring (bicyclic) bond motifs is 12. The fourth-order valence-corrected chi connectivity index (χ4v) is 10.6. The Hall–Kier alpha value is -7.80. The molecule has 0 saturated carbocycles. The van der Waals surface area contributed by atoms with E-state index in [0.29, 0.717) is 0 Å². The van der Waals surface area contributed by atoms with Gasteiger partial charge in [0.1, 0.15) is 0 Å². The molecule has 0 amide bonds. The fourth-order valence-electron chi connectivity index (χ4n) is 10.6. The molecule has 0 aliphatic rings. The quantitative estimate of drug-likeness (QED) is 0.124. The summed E-state index contributed by atoms with van der Waals surface area (Å²) in [5, 5.41) is 22.9. The molecule has 0 heteroatoms. The molecular weight excluding hydrogens is 721 g/mol. The van der Waals surface area contributed by atoms with E-state index in [1.54, 1.807) is 0 Å². The third kappa shape index (κ3) is 4.73. The normalized spacial score (nSPS) is 12.0. The molecule has 0 N–H and O–H groups in total. The van der Waals surface area contributed by atoms with Gasteiger partial charge < -0.3 is 0 Å². The van der Waals surface area contributed by atoms with Crippen LogP contribution in [0.1, 0.15) is 0 Å². The first-order valence-corrected chi connectivity index (χ1v) is 20.9. The molecule has 13 aromatic rings. The number of rotatable bonds is 3. The molecule has 0 bridgehead atoms. The highest BCUT2D eigenvalue weighted by Gasteiger charge is 2.21. The van der Waals surface area contributed by atoms with Gasteiger partial charge in [0.15, 0.2) is 0 Å². The zero-order valence-electron chi connectivity index (χ0n) is 32.8. The molecule has 13 rings (SSSR count). The van der Waals surface area contributed by atoms with Crippen molar-refractivity contribution in [1.82, 2.24) is 0 Å². The summed E-state index contributed by atoms with van der Waals surface area (Å²) in [6, 6.07) is 81.5. The van der Waals surface area contributed by atoms with E-state index >= 15 is 0 Å². The predicted octanol–water partition coefficient (Wildman–Crippen LogP) is 17.1. The minimum absolute atomic E-state index is 1.25. The van der Waals surface area contributed by atoms with E-state index in [4.69, 9.17) is 0 Å². The second-order valence-electron chi connectivity index (χ2n) is 16.3. The predicted molar refractivity (Wildman–Crippen MR) is 260 cm³/mol. The summed E-state index contributed by atoms with van der Waals surface area (Å²) in [5.74, 6) is 0. The van der Waals surface area contributed by atoms with Gasteiger partial charge in [-0.3, -0.25) is 0 Å². The summed E-state index contributed by atoms with van der Waals surface area (Å²) in [4.78, 5) is 0. The van der Waals surface area contributed by atoms with E-state index in [1.807, 2.05) is 0 Å². The highest BCUT2D eigenvalue weighted by atomic mass is 14.2. The molecule has 0 radical (unpaired) electrons. The minimum atomic E-state index is 1.25. The number of hydrogen-bond acceptors (Lipinski definition) is 0. The van der Waals surface area contributed by atoms with Crippen molar-refractivity contribution in [3.63, 3.8) is 0 Å². The van der Waals surface area contributed by atoms with Crippen molar-refractivity contribution in [2.45, 2.75) is 0 Å². The Kier molecular flexibility index (Phi) is 7.11. The Morgan fingerprint density at radius 2 is 0.483 bits per heavy atom. The molecule has 0 saturated heterocycles. The molecule has 13 aromatic carbocycles. The van der Waals surface area contributed by atoms with Gasteiger partial charge in [-0.25, -0.2) is 0 Å². The van der Waals surface area contributed by atoms with Crippen LogP contribution in [0.4, 0.5) is 0 Å². The number of hydrogen-bond donors (Lipinski definition) is 0. The van der Waals surface area contributed by atoms with Crippen LogP contribution in [-0.4, -0.2) is 0 Å². The first-order chi connectivity index (χ1) is 29.8. The highest BCUT2D eigenvalue weighted by molar-refractivity contribution is 6.29. The van der Waals surface area contributed by atoms with Crippen LogP contribution in [0.3, 0.4) is 0 Å².